The summed E-state index contributed by atoms with van der Waals surface area (Å²) in [5.74, 6) is 0.148. The van der Waals surface area contributed by atoms with Gasteiger partial charge in [-0.3, -0.25) is 9.48 Å². The third-order valence-corrected chi connectivity index (χ3v) is 5.57. The summed E-state index contributed by atoms with van der Waals surface area (Å²) in [6.45, 7) is 2.85. The van der Waals surface area contributed by atoms with Gasteiger partial charge in [-0.15, -0.1) is 0 Å². The fourth-order valence-electron chi connectivity index (χ4n) is 3.65. The van der Waals surface area contributed by atoms with Gasteiger partial charge in [-0.1, -0.05) is 49.4 Å². The predicted molar refractivity (Wildman–Crippen MR) is 134 cm³/mol. The number of carbonyl (C=O) groups is 2. The van der Waals surface area contributed by atoms with Crippen LogP contribution in [0.2, 0.25) is 0 Å². The Morgan fingerprint density at radius 2 is 1.77 bits per heavy atom. The van der Waals surface area contributed by atoms with E-state index in [2.05, 4.69) is 17.3 Å². The van der Waals surface area contributed by atoms with Crippen molar-refractivity contribution in [3.63, 3.8) is 0 Å². The number of ether oxygens (including phenoxy) is 2. The monoisotopic (exact) mass is 469 g/mol. The van der Waals surface area contributed by atoms with Crippen molar-refractivity contribution in [2.75, 3.05) is 12.4 Å². The molecule has 0 saturated carbocycles. The second-order valence-corrected chi connectivity index (χ2v) is 8.02. The van der Waals surface area contributed by atoms with E-state index in [1.54, 1.807) is 35.3 Å². The van der Waals surface area contributed by atoms with E-state index >= 15 is 0 Å². The van der Waals surface area contributed by atoms with Gasteiger partial charge in [-0.2, -0.15) is 5.10 Å². The fraction of sp³-hybridized carbons (Fsp3) is 0.179. The summed E-state index contributed by atoms with van der Waals surface area (Å²) in [6, 6.07) is 22.5. The Morgan fingerprint density at radius 3 is 2.54 bits per heavy atom. The summed E-state index contributed by atoms with van der Waals surface area (Å²) in [5.41, 5.74) is 4.49. The van der Waals surface area contributed by atoms with Crippen LogP contribution in [0.1, 0.15) is 44.3 Å². The number of aromatic nitrogens is 2. The number of carbonyl (C=O) groups excluding carboxylic acids is 2. The lowest BCUT2D eigenvalue weighted by molar-refractivity contribution is 0.0599. The number of nitrogens with one attached hydrogen (secondary N) is 1. The quantitative estimate of drug-likeness (QED) is 0.345. The zero-order chi connectivity index (χ0) is 24.6. The van der Waals surface area contributed by atoms with Gasteiger partial charge in [0.25, 0.3) is 5.91 Å². The summed E-state index contributed by atoms with van der Waals surface area (Å²) >= 11 is 0. The van der Waals surface area contributed by atoms with Crippen molar-refractivity contribution in [1.82, 2.24) is 9.78 Å². The molecule has 0 spiro atoms. The number of hydrogen-bond donors (Lipinski definition) is 1. The third-order valence-electron chi connectivity index (χ3n) is 5.57. The van der Waals surface area contributed by atoms with Crippen LogP contribution in [0, 0.1) is 0 Å². The first-order valence-corrected chi connectivity index (χ1v) is 11.4. The maximum absolute atomic E-state index is 12.8. The smallest absolute Gasteiger partial charge is 0.338 e. The van der Waals surface area contributed by atoms with Crippen molar-refractivity contribution in [2.45, 2.75) is 26.5 Å². The van der Waals surface area contributed by atoms with E-state index in [9.17, 15) is 9.59 Å². The number of aryl methyl sites for hydroxylation is 1. The second-order valence-electron chi connectivity index (χ2n) is 8.02. The minimum absolute atomic E-state index is 0.242. The minimum Gasteiger partial charge on any atom is -0.489 e. The molecule has 0 bridgehead atoms. The van der Waals surface area contributed by atoms with Gasteiger partial charge in [-0.05, 0) is 53.4 Å². The first kappa shape index (κ1) is 23.8. The molecule has 0 fully saturated rings. The molecule has 3 aromatic carbocycles. The number of methoxy groups -OCH3 is 1. The van der Waals surface area contributed by atoms with Crippen molar-refractivity contribution >= 4 is 17.6 Å². The summed E-state index contributed by atoms with van der Waals surface area (Å²) in [5, 5.41) is 7.18. The number of anilines is 1. The molecule has 0 aliphatic carbocycles. The Kier molecular flexibility index (Phi) is 7.57. The van der Waals surface area contributed by atoms with E-state index in [0.29, 0.717) is 30.0 Å². The van der Waals surface area contributed by atoms with Gasteiger partial charge in [-0.25, -0.2) is 4.79 Å². The van der Waals surface area contributed by atoms with Crippen LogP contribution in [0.5, 0.6) is 5.75 Å². The van der Waals surface area contributed by atoms with Crippen molar-refractivity contribution in [2.24, 2.45) is 0 Å². The molecule has 0 aliphatic heterocycles. The lowest BCUT2D eigenvalue weighted by Gasteiger charge is -2.09. The third kappa shape index (κ3) is 6.14. The molecule has 7 heteroatoms. The molecule has 178 valence electrons. The van der Waals surface area contributed by atoms with Gasteiger partial charge < -0.3 is 14.8 Å². The Balaban J connectivity index is 1.38. The van der Waals surface area contributed by atoms with Gasteiger partial charge in [0.15, 0.2) is 0 Å². The van der Waals surface area contributed by atoms with Crippen molar-refractivity contribution < 1.29 is 19.1 Å². The lowest BCUT2D eigenvalue weighted by atomic mass is 10.1. The first-order valence-electron chi connectivity index (χ1n) is 11.4. The van der Waals surface area contributed by atoms with Crippen LogP contribution in [-0.2, 0) is 24.3 Å². The Morgan fingerprint density at radius 1 is 0.971 bits per heavy atom. The molecule has 1 heterocycles. The molecule has 0 saturated heterocycles. The molecular formula is C28H27N3O4. The van der Waals surface area contributed by atoms with E-state index in [1.807, 2.05) is 54.6 Å². The van der Waals surface area contributed by atoms with E-state index in [0.717, 1.165) is 23.3 Å². The summed E-state index contributed by atoms with van der Waals surface area (Å²) in [6.07, 6.45) is 4.28. The molecule has 0 radical (unpaired) electrons. The molecule has 4 rings (SSSR count). The van der Waals surface area contributed by atoms with E-state index in [-0.39, 0.29) is 5.91 Å². The maximum Gasteiger partial charge on any atom is 0.338 e. The number of rotatable bonds is 9. The molecule has 0 aliphatic rings. The normalized spacial score (nSPS) is 10.6. The molecule has 1 aromatic heterocycles. The number of hydrogen-bond acceptors (Lipinski definition) is 5. The Hall–Kier alpha value is -4.39. The highest BCUT2D eigenvalue weighted by molar-refractivity contribution is 6.04. The van der Waals surface area contributed by atoms with E-state index in [1.165, 1.54) is 12.7 Å². The Labute approximate surface area is 204 Å². The average Bonchev–Trinajstić information content (AvgIpc) is 3.34. The summed E-state index contributed by atoms with van der Waals surface area (Å²) in [4.78, 5) is 24.8. The van der Waals surface area contributed by atoms with Crippen molar-refractivity contribution in [3.8, 4) is 5.75 Å². The molecule has 0 atom stereocenters. The number of benzene rings is 3. The highest BCUT2D eigenvalue weighted by Gasteiger charge is 2.13. The Bertz CT molecular complexity index is 1310. The van der Waals surface area contributed by atoms with E-state index < -0.39 is 5.97 Å². The van der Waals surface area contributed by atoms with Gasteiger partial charge >= 0.3 is 5.97 Å². The van der Waals surface area contributed by atoms with Crippen LogP contribution >= 0.6 is 0 Å². The van der Waals surface area contributed by atoms with Crippen LogP contribution in [0.25, 0.3) is 0 Å². The van der Waals surface area contributed by atoms with Gasteiger partial charge in [0.05, 0.1) is 31.1 Å². The number of amides is 1. The summed E-state index contributed by atoms with van der Waals surface area (Å²) < 4.78 is 12.4. The van der Waals surface area contributed by atoms with Crippen molar-refractivity contribution in [3.05, 3.63) is 113 Å². The van der Waals surface area contributed by atoms with Crippen LogP contribution < -0.4 is 10.1 Å². The largest absolute Gasteiger partial charge is 0.489 e. The minimum atomic E-state index is -0.400. The van der Waals surface area contributed by atoms with Crippen LogP contribution in [0.4, 0.5) is 5.69 Å². The van der Waals surface area contributed by atoms with Gasteiger partial charge in [0, 0.05) is 11.8 Å². The zero-order valence-electron chi connectivity index (χ0n) is 19.7. The number of esters is 1. The summed E-state index contributed by atoms with van der Waals surface area (Å²) in [7, 11) is 1.35. The second kappa shape index (κ2) is 11.2. The molecular weight excluding hydrogens is 442 g/mol. The fourth-order valence-corrected chi connectivity index (χ4v) is 3.65. The molecule has 7 nitrogen and oxygen atoms in total. The molecule has 4 aromatic rings. The SMILES string of the molecule is CCc1ccc(OCc2cccc(C(=O)Nc3cnn(Cc4ccccc4C(=O)OC)c3)c2)cc1. The van der Waals surface area contributed by atoms with Crippen LogP contribution in [-0.4, -0.2) is 28.8 Å². The predicted octanol–water partition coefficient (Wildman–Crippen LogP) is 5.11. The first-order chi connectivity index (χ1) is 17.1. The zero-order valence-corrected chi connectivity index (χ0v) is 19.7. The number of nitrogens with zero attached hydrogens (tertiary/aromatic N) is 2. The van der Waals surface area contributed by atoms with E-state index in [4.69, 9.17) is 9.47 Å². The molecule has 35 heavy (non-hydrogen) atoms. The lowest BCUT2D eigenvalue weighted by Crippen LogP contribution is -2.12. The van der Waals surface area contributed by atoms with Crippen LogP contribution in [0.15, 0.2) is 85.2 Å². The van der Waals surface area contributed by atoms with Crippen molar-refractivity contribution in [1.29, 1.82) is 0 Å². The van der Waals surface area contributed by atoms with Gasteiger partial charge in [0.1, 0.15) is 12.4 Å². The highest BCUT2D eigenvalue weighted by atomic mass is 16.5. The van der Waals surface area contributed by atoms with Gasteiger partial charge in [0.2, 0.25) is 0 Å². The molecule has 1 amide bonds. The molecule has 0 unspecified atom stereocenters. The van der Waals surface area contributed by atoms with Crippen LogP contribution in [0.3, 0.4) is 0 Å². The topological polar surface area (TPSA) is 82.5 Å². The average molecular weight is 470 g/mol. The standard InChI is InChI=1S/C28H27N3O4/c1-3-20-11-13-25(14-12-20)35-19-21-7-6-9-22(15-21)27(32)30-24-16-29-31(18-24)17-23-8-4-5-10-26(23)28(33)34-2/h4-16,18H,3,17,19H2,1-2H3,(H,30,32). The maximum atomic E-state index is 12.8. The molecule has 1 N–H and O–H groups in total. The highest BCUT2D eigenvalue weighted by Crippen LogP contribution is 2.17.